The summed E-state index contributed by atoms with van der Waals surface area (Å²) < 4.78 is 8.91. The first kappa shape index (κ1) is 10.8. The van der Waals surface area contributed by atoms with Gasteiger partial charge in [0, 0.05) is 0 Å². The Bertz CT molecular complexity index is 577. The molecule has 5 heteroatoms. The SMILES string of the molecule is CC1(C)COc2c(Br)cccc2-c2nncn21. The van der Waals surface area contributed by atoms with Crippen molar-refractivity contribution in [3.63, 3.8) is 0 Å². The molecule has 0 atom stereocenters. The molecule has 0 N–H and O–H groups in total. The van der Waals surface area contributed by atoms with E-state index in [-0.39, 0.29) is 5.54 Å². The van der Waals surface area contributed by atoms with E-state index in [1.54, 1.807) is 6.33 Å². The number of fused-ring (bicyclic) bond motifs is 3. The van der Waals surface area contributed by atoms with E-state index in [0.717, 1.165) is 21.6 Å². The lowest BCUT2D eigenvalue weighted by molar-refractivity contribution is 0.191. The summed E-state index contributed by atoms with van der Waals surface area (Å²) in [6.45, 7) is 4.81. The van der Waals surface area contributed by atoms with E-state index in [1.165, 1.54) is 0 Å². The largest absolute Gasteiger partial charge is 0.489 e. The number of aromatic nitrogens is 3. The van der Waals surface area contributed by atoms with E-state index in [4.69, 9.17) is 4.74 Å². The molecule has 3 rings (SSSR count). The van der Waals surface area contributed by atoms with Crippen molar-refractivity contribution >= 4 is 15.9 Å². The van der Waals surface area contributed by atoms with E-state index in [2.05, 4.69) is 44.5 Å². The zero-order valence-corrected chi connectivity index (χ0v) is 11.2. The predicted octanol–water partition coefficient (Wildman–Crippen LogP) is 2.84. The Kier molecular flexibility index (Phi) is 2.26. The van der Waals surface area contributed by atoms with E-state index < -0.39 is 0 Å². The summed E-state index contributed by atoms with van der Waals surface area (Å²) in [5.41, 5.74) is 0.819. The molecule has 0 saturated carbocycles. The predicted molar refractivity (Wildman–Crippen MR) is 68.0 cm³/mol. The third kappa shape index (κ3) is 1.57. The van der Waals surface area contributed by atoms with Crippen LogP contribution in [0.4, 0.5) is 0 Å². The number of rotatable bonds is 0. The highest BCUT2D eigenvalue weighted by molar-refractivity contribution is 9.10. The van der Waals surface area contributed by atoms with Crippen LogP contribution in [0.2, 0.25) is 0 Å². The highest BCUT2D eigenvalue weighted by Gasteiger charge is 2.30. The molecule has 1 aromatic carbocycles. The lowest BCUT2D eigenvalue weighted by atomic mass is 10.1. The Morgan fingerprint density at radius 3 is 3.06 bits per heavy atom. The first-order valence-corrected chi connectivity index (χ1v) is 6.21. The van der Waals surface area contributed by atoms with Crippen molar-refractivity contribution in [3.8, 4) is 17.1 Å². The molecule has 2 aromatic rings. The Morgan fingerprint density at radius 2 is 2.24 bits per heavy atom. The minimum Gasteiger partial charge on any atom is -0.489 e. The topological polar surface area (TPSA) is 39.9 Å². The molecular formula is C12H12BrN3O. The van der Waals surface area contributed by atoms with Gasteiger partial charge in [0.15, 0.2) is 5.82 Å². The van der Waals surface area contributed by atoms with Crippen LogP contribution in [-0.2, 0) is 5.54 Å². The second-order valence-electron chi connectivity index (χ2n) is 4.74. The molecule has 0 aliphatic carbocycles. The van der Waals surface area contributed by atoms with Gasteiger partial charge in [-0.05, 0) is 41.9 Å². The maximum absolute atomic E-state index is 5.90. The van der Waals surface area contributed by atoms with Gasteiger partial charge in [-0.3, -0.25) is 0 Å². The quantitative estimate of drug-likeness (QED) is 0.750. The summed E-state index contributed by atoms with van der Waals surface area (Å²) in [6, 6.07) is 5.95. The van der Waals surface area contributed by atoms with Gasteiger partial charge in [-0.2, -0.15) is 0 Å². The average molecular weight is 294 g/mol. The molecule has 0 bridgehead atoms. The van der Waals surface area contributed by atoms with Crippen LogP contribution in [0.1, 0.15) is 13.8 Å². The second-order valence-corrected chi connectivity index (χ2v) is 5.60. The van der Waals surface area contributed by atoms with Gasteiger partial charge in [0.1, 0.15) is 18.7 Å². The van der Waals surface area contributed by atoms with E-state index in [1.807, 2.05) is 18.2 Å². The van der Waals surface area contributed by atoms with Gasteiger partial charge in [-0.1, -0.05) is 6.07 Å². The maximum Gasteiger partial charge on any atom is 0.168 e. The lowest BCUT2D eigenvalue weighted by Crippen LogP contribution is -2.32. The second kappa shape index (κ2) is 3.57. The van der Waals surface area contributed by atoms with Gasteiger partial charge < -0.3 is 9.30 Å². The van der Waals surface area contributed by atoms with Gasteiger partial charge in [0.25, 0.3) is 0 Å². The third-order valence-electron chi connectivity index (χ3n) is 2.98. The lowest BCUT2D eigenvalue weighted by Gasteiger charge is -2.24. The van der Waals surface area contributed by atoms with Crippen molar-refractivity contribution in [2.75, 3.05) is 6.61 Å². The van der Waals surface area contributed by atoms with Crippen molar-refractivity contribution < 1.29 is 4.74 Å². The summed E-state index contributed by atoms with van der Waals surface area (Å²) in [5.74, 6) is 1.69. The Hall–Kier alpha value is -1.36. The van der Waals surface area contributed by atoms with Crippen LogP contribution in [-0.4, -0.2) is 21.4 Å². The van der Waals surface area contributed by atoms with E-state index >= 15 is 0 Å². The molecule has 0 fully saturated rings. The Labute approximate surface area is 108 Å². The number of para-hydroxylation sites is 1. The molecule has 1 aromatic heterocycles. The molecule has 0 unspecified atom stereocenters. The van der Waals surface area contributed by atoms with E-state index in [9.17, 15) is 0 Å². The van der Waals surface area contributed by atoms with Gasteiger partial charge in [-0.25, -0.2) is 0 Å². The first-order valence-electron chi connectivity index (χ1n) is 5.42. The molecule has 4 nitrogen and oxygen atoms in total. The summed E-state index contributed by atoms with van der Waals surface area (Å²) >= 11 is 3.51. The number of hydrogen-bond donors (Lipinski definition) is 0. The van der Waals surface area contributed by atoms with Crippen LogP contribution < -0.4 is 4.74 Å². The van der Waals surface area contributed by atoms with Crippen molar-refractivity contribution in [2.45, 2.75) is 19.4 Å². The van der Waals surface area contributed by atoms with Crippen molar-refractivity contribution in [1.82, 2.24) is 14.8 Å². The molecule has 1 aliphatic heterocycles. The van der Waals surface area contributed by atoms with E-state index in [0.29, 0.717) is 6.61 Å². The summed E-state index contributed by atoms with van der Waals surface area (Å²) in [5, 5.41) is 8.22. The number of hydrogen-bond acceptors (Lipinski definition) is 3. The number of benzene rings is 1. The summed E-state index contributed by atoms with van der Waals surface area (Å²) in [6.07, 6.45) is 1.76. The monoisotopic (exact) mass is 293 g/mol. The molecule has 2 heterocycles. The summed E-state index contributed by atoms with van der Waals surface area (Å²) in [7, 11) is 0. The van der Waals surface area contributed by atoms with Crippen LogP contribution in [0, 0.1) is 0 Å². The minimum absolute atomic E-state index is 0.155. The highest BCUT2D eigenvalue weighted by atomic mass is 79.9. The fourth-order valence-electron chi connectivity index (χ4n) is 2.01. The van der Waals surface area contributed by atoms with Gasteiger partial charge in [0.05, 0.1) is 15.6 Å². The minimum atomic E-state index is -0.155. The van der Waals surface area contributed by atoms with Crippen molar-refractivity contribution in [1.29, 1.82) is 0 Å². The molecule has 0 amide bonds. The van der Waals surface area contributed by atoms with Gasteiger partial charge >= 0.3 is 0 Å². The molecule has 88 valence electrons. The fraction of sp³-hybridized carbons (Fsp3) is 0.333. The number of halogens is 1. The van der Waals surface area contributed by atoms with Crippen LogP contribution >= 0.6 is 15.9 Å². The molecule has 0 radical (unpaired) electrons. The van der Waals surface area contributed by atoms with Crippen LogP contribution in [0.15, 0.2) is 29.0 Å². The summed E-state index contributed by atoms with van der Waals surface area (Å²) in [4.78, 5) is 0. The van der Waals surface area contributed by atoms with Crippen molar-refractivity contribution in [3.05, 3.63) is 29.0 Å². The maximum atomic E-state index is 5.90. The smallest absolute Gasteiger partial charge is 0.168 e. The Morgan fingerprint density at radius 1 is 1.41 bits per heavy atom. The zero-order chi connectivity index (χ0) is 12.0. The number of nitrogens with zero attached hydrogens (tertiary/aromatic N) is 3. The molecular weight excluding hydrogens is 282 g/mol. The molecule has 1 aliphatic rings. The third-order valence-corrected chi connectivity index (χ3v) is 3.60. The normalized spacial score (nSPS) is 16.6. The number of ether oxygens (including phenoxy) is 1. The van der Waals surface area contributed by atoms with Gasteiger partial charge in [0.2, 0.25) is 0 Å². The molecule has 0 spiro atoms. The standard InChI is InChI=1S/C12H12BrN3O/c1-12(2)6-17-10-8(4-3-5-9(10)13)11-15-14-7-16(11)12/h3-5,7H,6H2,1-2H3. The van der Waals surface area contributed by atoms with Crippen LogP contribution in [0.5, 0.6) is 5.75 Å². The average Bonchev–Trinajstić information content (AvgIpc) is 2.73. The molecule has 17 heavy (non-hydrogen) atoms. The zero-order valence-electron chi connectivity index (χ0n) is 9.64. The van der Waals surface area contributed by atoms with Gasteiger partial charge in [-0.15, -0.1) is 10.2 Å². The molecule has 0 saturated heterocycles. The highest BCUT2D eigenvalue weighted by Crippen LogP contribution is 2.39. The first-order chi connectivity index (χ1) is 8.09. The van der Waals surface area contributed by atoms with Crippen LogP contribution in [0.3, 0.4) is 0 Å². The Balaban J connectivity index is 2.31. The fourth-order valence-corrected chi connectivity index (χ4v) is 2.49. The van der Waals surface area contributed by atoms with Crippen molar-refractivity contribution in [2.24, 2.45) is 0 Å². The van der Waals surface area contributed by atoms with Crippen LogP contribution in [0.25, 0.3) is 11.4 Å².